The molecule has 0 spiro atoms. The molecular formula is C15H24N2O3S. The van der Waals surface area contributed by atoms with E-state index in [2.05, 4.69) is 18.8 Å². The maximum atomic E-state index is 11.0. The molecule has 6 heteroatoms. The first-order valence-corrected chi connectivity index (χ1v) is 8.26. The topological polar surface area (TPSA) is 85.4 Å². The second-order valence-electron chi connectivity index (χ2n) is 6.48. The van der Waals surface area contributed by atoms with Crippen LogP contribution < -0.4 is 5.73 Å². The number of carbonyl (C=O) groups is 1. The van der Waals surface area contributed by atoms with Crippen molar-refractivity contribution < 1.29 is 14.6 Å². The molecule has 5 nitrogen and oxygen atoms in total. The SMILES string of the molecule is CCOC1(c2nc(C(N)C(=O)O)cs2)CCC(C)(C)CC1. The first-order valence-electron chi connectivity index (χ1n) is 7.38. The van der Waals surface area contributed by atoms with E-state index in [1.807, 2.05) is 6.92 Å². The summed E-state index contributed by atoms with van der Waals surface area (Å²) in [6.45, 7) is 7.16. The third kappa shape index (κ3) is 3.44. The maximum absolute atomic E-state index is 11.0. The number of carboxylic acids is 1. The number of aliphatic carboxylic acids is 1. The van der Waals surface area contributed by atoms with Crippen LogP contribution in [-0.2, 0) is 15.1 Å². The molecule has 0 radical (unpaired) electrons. The zero-order chi connectivity index (χ0) is 15.7. The van der Waals surface area contributed by atoms with E-state index in [1.54, 1.807) is 5.38 Å². The largest absolute Gasteiger partial charge is 0.480 e. The molecule has 1 aliphatic carbocycles. The molecule has 118 valence electrons. The van der Waals surface area contributed by atoms with Crippen LogP contribution in [0.1, 0.15) is 63.2 Å². The predicted molar refractivity (Wildman–Crippen MR) is 82.2 cm³/mol. The molecule has 1 atom stereocenters. The van der Waals surface area contributed by atoms with Crippen molar-refractivity contribution in [2.24, 2.45) is 11.1 Å². The van der Waals surface area contributed by atoms with Gasteiger partial charge in [-0.2, -0.15) is 0 Å². The predicted octanol–water partition coefficient (Wildman–Crippen LogP) is 3.06. The fourth-order valence-electron chi connectivity index (χ4n) is 2.79. The fraction of sp³-hybridized carbons (Fsp3) is 0.733. The number of hydrogen-bond donors (Lipinski definition) is 2. The smallest absolute Gasteiger partial charge is 0.326 e. The molecule has 3 N–H and O–H groups in total. The van der Waals surface area contributed by atoms with Crippen LogP contribution in [0.2, 0.25) is 0 Å². The molecule has 0 bridgehead atoms. The van der Waals surface area contributed by atoms with Gasteiger partial charge >= 0.3 is 5.97 Å². The summed E-state index contributed by atoms with van der Waals surface area (Å²) in [5.74, 6) is -1.05. The minimum absolute atomic E-state index is 0.332. The van der Waals surface area contributed by atoms with Crippen molar-refractivity contribution in [2.45, 2.75) is 58.1 Å². The van der Waals surface area contributed by atoms with Crippen LogP contribution in [-0.4, -0.2) is 22.7 Å². The number of aromatic nitrogens is 1. The van der Waals surface area contributed by atoms with Crippen LogP contribution in [0.15, 0.2) is 5.38 Å². The Hall–Kier alpha value is -0.980. The molecule has 1 aromatic heterocycles. The van der Waals surface area contributed by atoms with Gasteiger partial charge in [-0.1, -0.05) is 13.8 Å². The third-order valence-corrected chi connectivity index (χ3v) is 5.37. The Morgan fingerprint density at radius 2 is 2.10 bits per heavy atom. The molecular weight excluding hydrogens is 288 g/mol. The Kier molecular flexibility index (Phi) is 4.70. The van der Waals surface area contributed by atoms with E-state index in [0.29, 0.717) is 17.7 Å². The average molecular weight is 312 g/mol. The van der Waals surface area contributed by atoms with E-state index in [0.717, 1.165) is 30.7 Å². The summed E-state index contributed by atoms with van der Waals surface area (Å²) in [5.41, 5.74) is 6.03. The van der Waals surface area contributed by atoms with Gasteiger partial charge in [0.05, 0.1) is 5.69 Å². The van der Waals surface area contributed by atoms with Crippen molar-refractivity contribution in [3.63, 3.8) is 0 Å². The van der Waals surface area contributed by atoms with Crippen molar-refractivity contribution >= 4 is 17.3 Å². The lowest BCUT2D eigenvalue weighted by atomic mass is 9.71. The van der Waals surface area contributed by atoms with Crippen LogP contribution in [0.3, 0.4) is 0 Å². The van der Waals surface area contributed by atoms with Crippen LogP contribution in [0.5, 0.6) is 0 Å². The second kappa shape index (κ2) is 6.02. The number of carboxylic acid groups (broad SMARTS) is 1. The van der Waals surface area contributed by atoms with Crippen LogP contribution in [0.4, 0.5) is 0 Å². The van der Waals surface area contributed by atoms with E-state index in [-0.39, 0.29) is 5.60 Å². The maximum Gasteiger partial charge on any atom is 0.326 e. The molecule has 0 aliphatic heterocycles. The number of nitrogens with zero attached hydrogens (tertiary/aromatic N) is 1. The van der Waals surface area contributed by atoms with Gasteiger partial charge in [-0.05, 0) is 38.0 Å². The lowest BCUT2D eigenvalue weighted by Crippen LogP contribution is -2.37. The van der Waals surface area contributed by atoms with E-state index >= 15 is 0 Å². The zero-order valence-corrected chi connectivity index (χ0v) is 13.7. The Morgan fingerprint density at radius 3 is 2.62 bits per heavy atom. The Labute approximate surface area is 129 Å². The molecule has 1 heterocycles. The molecule has 1 aromatic rings. The highest BCUT2D eigenvalue weighted by Crippen LogP contribution is 2.48. The zero-order valence-electron chi connectivity index (χ0n) is 12.9. The summed E-state index contributed by atoms with van der Waals surface area (Å²) in [5, 5.41) is 11.6. The Morgan fingerprint density at radius 1 is 1.48 bits per heavy atom. The van der Waals surface area contributed by atoms with E-state index < -0.39 is 12.0 Å². The van der Waals surface area contributed by atoms with Gasteiger partial charge in [0.15, 0.2) is 0 Å². The molecule has 1 saturated carbocycles. The van der Waals surface area contributed by atoms with Gasteiger partial charge in [-0.25, -0.2) is 4.98 Å². The summed E-state index contributed by atoms with van der Waals surface area (Å²) in [4.78, 5) is 15.5. The van der Waals surface area contributed by atoms with Crippen molar-refractivity contribution in [1.82, 2.24) is 4.98 Å². The summed E-state index contributed by atoms with van der Waals surface area (Å²) >= 11 is 1.46. The number of rotatable bonds is 5. The van der Waals surface area contributed by atoms with Gasteiger partial charge in [0.25, 0.3) is 0 Å². The third-order valence-electron chi connectivity index (χ3n) is 4.33. The molecule has 1 unspecified atom stereocenters. The quantitative estimate of drug-likeness (QED) is 0.872. The van der Waals surface area contributed by atoms with Gasteiger partial charge in [-0.3, -0.25) is 4.79 Å². The highest BCUT2D eigenvalue weighted by atomic mass is 32.1. The molecule has 0 amide bonds. The van der Waals surface area contributed by atoms with Gasteiger partial charge in [0.1, 0.15) is 16.7 Å². The number of hydrogen-bond acceptors (Lipinski definition) is 5. The van der Waals surface area contributed by atoms with Crippen LogP contribution in [0, 0.1) is 5.41 Å². The lowest BCUT2D eigenvalue weighted by molar-refractivity contribution is -0.138. The first-order chi connectivity index (χ1) is 9.80. The Balaban J connectivity index is 2.25. The summed E-state index contributed by atoms with van der Waals surface area (Å²) in [7, 11) is 0. The van der Waals surface area contributed by atoms with E-state index in [9.17, 15) is 4.79 Å². The molecule has 0 saturated heterocycles. The van der Waals surface area contributed by atoms with Gasteiger partial charge in [0, 0.05) is 12.0 Å². The highest BCUT2D eigenvalue weighted by Gasteiger charge is 2.42. The minimum atomic E-state index is -1.06. The molecule has 1 aliphatic rings. The van der Waals surface area contributed by atoms with Crippen molar-refractivity contribution in [3.05, 3.63) is 16.1 Å². The lowest BCUT2D eigenvalue weighted by Gasteiger charge is -2.42. The second-order valence-corrected chi connectivity index (χ2v) is 7.34. The van der Waals surface area contributed by atoms with Gasteiger partial charge < -0.3 is 15.6 Å². The monoisotopic (exact) mass is 312 g/mol. The van der Waals surface area contributed by atoms with Crippen LogP contribution in [0.25, 0.3) is 0 Å². The molecule has 0 aromatic carbocycles. The van der Waals surface area contributed by atoms with Crippen LogP contribution >= 0.6 is 11.3 Å². The number of thiazole rings is 1. The summed E-state index contributed by atoms with van der Waals surface area (Å²) in [6.07, 6.45) is 3.99. The van der Waals surface area contributed by atoms with Gasteiger partial charge in [0.2, 0.25) is 0 Å². The summed E-state index contributed by atoms with van der Waals surface area (Å²) < 4.78 is 6.06. The van der Waals surface area contributed by atoms with Gasteiger partial charge in [-0.15, -0.1) is 11.3 Å². The van der Waals surface area contributed by atoms with Crippen molar-refractivity contribution in [3.8, 4) is 0 Å². The number of ether oxygens (including phenoxy) is 1. The highest BCUT2D eigenvalue weighted by molar-refractivity contribution is 7.09. The molecule has 21 heavy (non-hydrogen) atoms. The average Bonchev–Trinajstić information content (AvgIpc) is 2.91. The first kappa shape index (κ1) is 16.4. The van der Waals surface area contributed by atoms with Crippen molar-refractivity contribution in [1.29, 1.82) is 0 Å². The van der Waals surface area contributed by atoms with E-state index in [1.165, 1.54) is 11.3 Å². The standard InChI is InChI=1S/C15H24N2O3S/c1-4-20-15(7-5-14(2,3)6-8-15)13-17-10(9-21-13)11(16)12(18)19/h9,11H,4-8,16H2,1-3H3,(H,18,19). The fourth-order valence-corrected chi connectivity index (χ4v) is 3.86. The minimum Gasteiger partial charge on any atom is -0.480 e. The molecule has 1 fully saturated rings. The Bertz CT molecular complexity index is 503. The molecule has 2 rings (SSSR count). The number of nitrogens with two attached hydrogens (primary N) is 1. The normalized spacial score (nSPS) is 21.9. The van der Waals surface area contributed by atoms with Crippen molar-refractivity contribution in [2.75, 3.05) is 6.61 Å². The summed E-state index contributed by atoms with van der Waals surface area (Å²) in [6, 6.07) is -1.06. The van der Waals surface area contributed by atoms with E-state index in [4.69, 9.17) is 15.6 Å².